The van der Waals surface area contributed by atoms with Crippen LogP contribution in [0.15, 0.2) is 53.3 Å². The summed E-state index contributed by atoms with van der Waals surface area (Å²) in [7, 11) is 0. The van der Waals surface area contributed by atoms with E-state index in [1.807, 2.05) is 6.07 Å². The Bertz CT molecular complexity index is 970. The van der Waals surface area contributed by atoms with Gasteiger partial charge in [-0.2, -0.15) is 0 Å². The van der Waals surface area contributed by atoms with Crippen LogP contribution < -0.4 is 11.0 Å². The first-order valence-corrected chi connectivity index (χ1v) is 7.83. The lowest BCUT2D eigenvalue weighted by Crippen LogP contribution is -2.25. The van der Waals surface area contributed by atoms with Crippen molar-refractivity contribution in [2.24, 2.45) is 0 Å². The molecule has 128 valence electrons. The monoisotopic (exact) mass is 339 g/mol. The Morgan fingerprint density at radius 3 is 2.56 bits per heavy atom. The maximum Gasteiger partial charge on any atom is 0.338 e. The number of hydrogen-bond donors (Lipinski definition) is 2. The summed E-state index contributed by atoms with van der Waals surface area (Å²) in [5.74, 6) is -0.749. The lowest BCUT2D eigenvalue weighted by atomic mass is 10.2. The van der Waals surface area contributed by atoms with Gasteiger partial charge in [0.25, 0.3) is 0 Å². The molecule has 0 spiro atoms. The van der Waals surface area contributed by atoms with Crippen LogP contribution in [0, 0.1) is 0 Å². The van der Waals surface area contributed by atoms with Crippen LogP contribution in [-0.2, 0) is 16.1 Å². The van der Waals surface area contributed by atoms with E-state index in [9.17, 15) is 14.4 Å². The fourth-order valence-electron chi connectivity index (χ4n) is 2.51. The maximum absolute atomic E-state index is 12.2. The SMILES string of the molecule is CCOC(=O)c1ccc(NC(=O)Cn2c(=O)[nH]c3ccccc32)cc1. The van der Waals surface area contributed by atoms with Crippen molar-refractivity contribution < 1.29 is 14.3 Å². The summed E-state index contributed by atoms with van der Waals surface area (Å²) >= 11 is 0. The van der Waals surface area contributed by atoms with E-state index >= 15 is 0 Å². The van der Waals surface area contributed by atoms with Crippen LogP contribution in [0.3, 0.4) is 0 Å². The first-order chi connectivity index (χ1) is 12.1. The molecule has 3 rings (SSSR count). The number of ether oxygens (including phenoxy) is 1. The average Bonchev–Trinajstić information content (AvgIpc) is 2.91. The molecule has 0 unspecified atom stereocenters. The molecule has 3 aromatic rings. The van der Waals surface area contributed by atoms with E-state index in [-0.39, 0.29) is 18.1 Å². The third-order valence-electron chi connectivity index (χ3n) is 3.66. The molecule has 1 amide bonds. The molecule has 0 aliphatic carbocycles. The van der Waals surface area contributed by atoms with Crippen molar-refractivity contribution in [3.63, 3.8) is 0 Å². The molecule has 1 heterocycles. The molecule has 0 saturated carbocycles. The van der Waals surface area contributed by atoms with Crippen LogP contribution in [0.25, 0.3) is 11.0 Å². The number of anilines is 1. The van der Waals surface area contributed by atoms with E-state index in [0.717, 1.165) is 0 Å². The second kappa shape index (κ2) is 7.04. The van der Waals surface area contributed by atoms with Gasteiger partial charge in [-0.3, -0.25) is 9.36 Å². The van der Waals surface area contributed by atoms with Crippen LogP contribution in [0.4, 0.5) is 5.69 Å². The lowest BCUT2D eigenvalue weighted by molar-refractivity contribution is -0.116. The Morgan fingerprint density at radius 2 is 1.84 bits per heavy atom. The van der Waals surface area contributed by atoms with Crippen molar-refractivity contribution in [2.45, 2.75) is 13.5 Å². The van der Waals surface area contributed by atoms with Gasteiger partial charge in [-0.05, 0) is 43.3 Å². The molecule has 25 heavy (non-hydrogen) atoms. The van der Waals surface area contributed by atoms with Gasteiger partial charge in [-0.1, -0.05) is 12.1 Å². The van der Waals surface area contributed by atoms with E-state index in [0.29, 0.717) is 28.9 Å². The molecule has 0 saturated heterocycles. The first-order valence-electron chi connectivity index (χ1n) is 7.83. The minimum absolute atomic E-state index is 0.109. The molecule has 0 fully saturated rings. The normalized spacial score (nSPS) is 10.6. The number of nitrogens with one attached hydrogen (secondary N) is 2. The summed E-state index contributed by atoms with van der Waals surface area (Å²) in [6.45, 7) is 1.93. The minimum Gasteiger partial charge on any atom is -0.462 e. The molecule has 0 aliphatic heterocycles. The van der Waals surface area contributed by atoms with Gasteiger partial charge >= 0.3 is 11.7 Å². The van der Waals surface area contributed by atoms with Gasteiger partial charge in [-0.15, -0.1) is 0 Å². The predicted molar refractivity (Wildman–Crippen MR) is 93.6 cm³/mol. The zero-order valence-corrected chi connectivity index (χ0v) is 13.6. The van der Waals surface area contributed by atoms with Crippen molar-refractivity contribution >= 4 is 28.6 Å². The van der Waals surface area contributed by atoms with E-state index in [1.54, 1.807) is 49.4 Å². The molecule has 0 aliphatic rings. The molecule has 0 bridgehead atoms. The third kappa shape index (κ3) is 3.60. The van der Waals surface area contributed by atoms with Crippen LogP contribution in [-0.4, -0.2) is 28.0 Å². The standard InChI is InChI=1S/C18H17N3O4/c1-2-25-17(23)12-7-9-13(10-8-12)19-16(22)11-21-15-6-4-3-5-14(15)20-18(21)24/h3-10H,2,11H2,1H3,(H,19,22)(H,20,24). The van der Waals surface area contributed by atoms with E-state index in [1.165, 1.54) is 4.57 Å². The first kappa shape index (κ1) is 16.5. The second-order valence-electron chi connectivity index (χ2n) is 5.38. The fraction of sp³-hybridized carbons (Fsp3) is 0.167. The highest BCUT2D eigenvalue weighted by atomic mass is 16.5. The Balaban J connectivity index is 1.71. The molecular formula is C18H17N3O4. The Labute approximate surface area is 143 Å². The summed E-state index contributed by atoms with van der Waals surface area (Å²) in [6, 6.07) is 13.5. The topological polar surface area (TPSA) is 93.2 Å². The van der Waals surface area contributed by atoms with E-state index in [4.69, 9.17) is 4.74 Å². The largest absolute Gasteiger partial charge is 0.462 e. The van der Waals surface area contributed by atoms with Crippen molar-refractivity contribution in [2.75, 3.05) is 11.9 Å². The predicted octanol–water partition coefficient (Wildman–Crippen LogP) is 2.14. The van der Waals surface area contributed by atoms with Crippen LogP contribution in [0.1, 0.15) is 17.3 Å². The van der Waals surface area contributed by atoms with Crippen LogP contribution in [0.5, 0.6) is 0 Å². The number of aromatic amines is 1. The number of carbonyl (C=O) groups is 2. The maximum atomic E-state index is 12.2. The third-order valence-corrected chi connectivity index (χ3v) is 3.66. The number of imidazole rings is 1. The highest BCUT2D eigenvalue weighted by Crippen LogP contribution is 2.12. The Morgan fingerprint density at radius 1 is 1.12 bits per heavy atom. The van der Waals surface area contributed by atoms with Crippen molar-refractivity contribution in [3.05, 3.63) is 64.6 Å². The number of amides is 1. The minimum atomic E-state index is -0.411. The number of fused-ring (bicyclic) bond motifs is 1. The lowest BCUT2D eigenvalue weighted by Gasteiger charge is -2.07. The quantitative estimate of drug-likeness (QED) is 0.697. The number of H-pyrrole nitrogens is 1. The number of benzene rings is 2. The molecule has 2 aromatic carbocycles. The molecule has 7 heteroatoms. The smallest absolute Gasteiger partial charge is 0.338 e. The summed E-state index contributed by atoms with van der Waals surface area (Å²) in [5, 5.41) is 2.71. The molecule has 7 nitrogen and oxygen atoms in total. The Kier molecular flexibility index (Phi) is 4.65. The molecule has 0 atom stereocenters. The average molecular weight is 339 g/mol. The second-order valence-corrected chi connectivity index (χ2v) is 5.38. The number of para-hydroxylation sites is 2. The van der Waals surface area contributed by atoms with Crippen LogP contribution >= 0.6 is 0 Å². The van der Waals surface area contributed by atoms with Crippen molar-refractivity contribution in [1.82, 2.24) is 9.55 Å². The fourth-order valence-corrected chi connectivity index (χ4v) is 2.51. The van der Waals surface area contributed by atoms with Gasteiger partial charge in [-0.25, -0.2) is 9.59 Å². The number of nitrogens with zero attached hydrogens (tertiary/aromatic N) is 1. The molecule has 2 N–H and O–H groups in total. The van der Waals surface area contributed by atoms with Gasteiger partial charge in [0, 0.05) is 5.69 Å². The number of hydrogen-bond acceptors (Lipinski definition) is 4. The van der Waals surface area contributed by atoms with E-state index in [2.05, 4.69) is 10.3 Å². The molecule has 1 aromatic heterocycles. The van der Waals surface area contributed by atoms with E-state index < -0.39 is 5.97 Å². The summed E-state index contributed by atoms with van der Waals surface area (Å²) in [6.07, 6.45) is 0. The summed E-state index contributed by atoms with van der Waals surface area (Å²) < 4.78 is 6.28. The van der Waals surface area contributed by atoms with Gasteiger partial charge in [0.2, 0.25) is 5.91 Å². The van der Waals surface area contributed by atoms with Crippen molar-refractivity contribution in [1.29, 1.82) is 0 Å². The zero-order chi connectivity index (χ0) is 17.8. The number of rotatable bonds is 5. The number of aromatic nitrogens is 2. The van der Waals surface area contributed by atoms with Crippen LogP contribution in [0.2, 0.25) is 0 Å². The summed E-state index contributed by atoms with van der Waals surface area (Å²) in [5.41, 5.74) is 1.95. The van der Waals surface area contributed by atoms with Gasteiger partial charge in [0.1, 0.15) is 6.54 Å². The molecule has 0 radical (unpaired) electrons. The van der Waals surface area contributed by atoms with Crippen molar-refractivity contribution in [3.8, 4) is 0 Å². The van der Waals surface area contributed by atoms with Gasteiger partial charge < -0.3 is 15.0 Å². The van der Waals surface area contributed by atoms with Gasteiger partial charge in [0.15, 0.2) is 0 Å². The molecular weight excluding hydrogens is 322 g/mol. The highest BCUT2D eigenvalue weighted by molar-refractivity contribution is 5.93. The zero-order valence-electron chi connectivity index (χ0n) is 13.6. The summed E-state index contributed by atoms with van der Waals surface area (Å²) in [4.78, 5) is 38.5. The highest BCUT2D eigenvalue weighted by Gasteiger charge is 2.11. The number of carbonyl (C=O) groups excluding carboxylic acids is 2. The Hall–Kier alpha value is -3.35. The number of esters is 1. The van der Waals surface area contributed by atoms with Gasteiger partial charge in [0.05, 0.1) is 23.2 Å².